The van der Waals surface area contributed by atoms with Crippen LogP contribution in [-0.2, 0) is 6.18 Å². The van der Waals surface area contributed by atoms with E-state index in [0.29, 0.717) is 10.2 Å². The van der Waals surface area contributed by atoms with Crippen LogP contribution >= 0.6 is 39.0 Å². The van der Waals surface area contributed by atoms with E-state index in [1.165, 1.54) is 19.1 Å². The summed E-state index contributed by atoms with van der Waals surface area (Å²) in [4.78, 5) is 14.9. The SMILES string of the molecule is Cc1nc(Sc2ccc(Br)cc2C(F)(F)F)sc1C(=O)O. The van der Waals surface area contributed by atoms with Crippen LogP contribution in [0.15, 0.2) is 31.9 Å². The zero-order chi connectivity index (χ0) is 15.8. The van der Waals surface area contributed by atoms with Gasteiger partial charge in [0.25, 0.3) is 0 Å². The number of thiazole rings is 1. The molecule has 0 bridgehead atoms. The van der Waals surface area contributed by atoms with E-state index in [1.807, 2.05) is 0 Å². The van der Waals surface area contributed by atoms with Crippen LogP contribution in [0.4, 0.5) is 13.2 Å². The predicted molar refractivity (Wildman–Crippen MR) is 77.1 cm³/mol. The third kappa shape index (κ3) is 3.78. The fourth-order valence-electron chi connectivity index (χ4n) is 1.52. The Kier molecular flexibility index (Phi) is 4.64. The van der Waals surface area contributed by atoms with Crippen molar-refractivity contribution in [2.45, 2.75) is 22.3 Å². The number of aryl methyl sites for hydroxylation is 1. The van der Waals surface area contributed by atoms with Crippen LogP contribution < -0.4 is 0 Å². The van der Waals surface area contributed by atoms with E-state index < -0.39 is 17.7 Å². The van der Waals surface area contributed by atoms with E-state index in [2.05, 4.69) is 20.9 Å². The van der Waals surface area contributed by atoms with Crippen molar-refractivity contribution in [2.75, 3.05) is 0 Å². The highest BCUT2D eigenvalue weighted by Gasteiger charge is 2.34. The Labute approximate surface area is 134 Å². The van der Waals surface area contributed by atoms with Crippen LogP contribution in [0.2, 0.25) is 0 Å². The highest BCUT2D eigenvalue weighted by atomic mass is 79.9. The van der Waals surface area contributed by atoms with Gasteiger partial charge in [0.2, 0.25) is 0 Å². The van der Waals surface area contributed by atoms with Gasteiger partial charge in [0, 0.05) is 9.37 Å². The number of aromatic nitrogens is 1. The summed E-state index contributed by atoms with van der Waals surface area (Å²) in [5.41, 5.74) is -0.493. The third-order valence-corrected chi connectivity index (χ3v) is 5.19. The maximum absolute atomic E-state index is 13.0. The Bertz CT molecular complexity index is 700. The molecular weight excluding hydrogens is 391 g/mol. The lowest BCUT2D eigenvalue weighted by atomic mass is 10.2. The average molecular weight is 398 g/mol. The maximum atomic E-state index is 13.0. The molecule has 112 valence electrons. The Morgan fingerprint density at radius 2 is 2.10 bits per heavy atom. The molecule has 0 fully saturated rings. The van der Waals surface area contributed by atoms with E-state index in [-0.39, 0.29) is 14.1 Å². The first-order valence-electron chi connectivity index (χ1n) is 5.44. The minimum atomic E-state index is -4.49. The second kappa shape index (κ2) is 5.98. The molecule has 21 heavy (non-hydrogen) atoms. The van der Waals surface area contributed by atoms with Crippen molar-refractivity contribution in [1.29, 1.82) is 0 Å². The Hall–Kier alpha value is -1.06. The first-order valence-corrected chi connectivity index (χ1v) is 7.86. The largest absolute Gasteiger partial charge is 0.477 e. The van der Waals surface area contributed by atoms with Crippen LogP contribution in [-0.4, -0.2) is 16.1 Å². The number of carbonyl (C=O) groups is 1. The smallest absolute Gasteiger partial charge is 0.417 e. The molecule has 0 atom stereocenters. The van der Waals surface area contributed by atoms with Gasteiger partial charge in [-0.05, 0) is 25.1 Å². The van der Waals surface area contributed by atoms with Crippen LogP contribution in [0.25, 0.3) is 0 Å². The maximum Gasteiger partial charge on any atom is 0.417 e. The number of hydrogen-bond acceptors (Lipinski definition) is 4. The summed E-state index contributed by atoms with van der Waals surface area (Å²) in [6, 6.07) is 3.81. The lowest BCUT2D eigenvalue weighted by molar-refractivity contribution is -0.139. The van der Waals surface area contributed by atoms with Gasteiger partial charge in [-0.25, -0.2) is 9.78 Å². The fraction of sp³-hybridized carbons (Fsp3) is 0.167. The number of aromatic carboxylic acids is 1. The van der Waals surface area contributed by atoms with E-state index in [4.69, 9.17) is 5.11 Å². The minimum absolute atomic E-state index is 0.0172. The Morgan fingerprint density at radius 3 is 2.62 bits per heavy atom. The monoisotopic (exact) mass is 397 g/mol. The molecule has 9 heteroatoms. The van der Waals surface area contributed by atoms with Gasteiger partial charge in [0.1, 0.15) is 4.88 Å². The Balaban J connectivity index is 2.40. The number of rotatable bonds is 3. The summed E-state index contributed by atoms with van der Waals surface area (Å²) < 4.78 is 39.6. The summed E-state index contributed by atoms with van der Waals surface area (Å²) in [5.74, 6) is -1.14. The van der Waals surface area contributed by atoms with Crippen molar-refractivity contribution in [3.8, 4) is 0 Å². The molecule has 2 aromatic rings. The lowest BCUT2D eigenvalue weighted by Gasteiger charge is -2.11. The number of hydrogen-bond donors (Lipinski definition) is 1. The molecule has 1 aromatic heterocycles. The predicted octanol–water partition coefficient (Wildman–Crippen LogP) is 5.08. The average Bonchev–Trinajstić information content (AvgIpc) is 2.71. The van der Waals surface area contributed by atoms with Crippen molar-refractivity contribution >= 4 is 45.0 Å². The number of alkyl halides is 3. The van der Waals surface area contributed by atoms with E-state index >= 15 is 0 Å². The first-order chi connectivity index (χ1) is 9.68. The van der Waals surface area contributed by atoms with Gasteiger partial charge < -0.3 is 5.11 Å². The van der Waals surface area contributed by atoms with Gasteiger partial charge in [-0.1, -0.05) is 27.7 Å². The molecule has 1 heterocycles. The van der Waals surface area contributed by atoms with Crippen molar-refractivity contribution in [3.05, 3.63) is 38.8 Å². The zero-order valence-corrected chi connectivity index (χ0v) is 13.6. The molecule has 0 aliphatic carbocycles. The zero-order valence-electron chi connectivity index (χ0n) is 10.4. The first kappa shape index (κ1) is 16.3. The number of benzene rings is 1. The van der Waals surface area contributed by atoms with Gasteiger partial charge in [0.05, 0.1) is 11.3 Å². The highest BCUT2D eigenvalue weighted by molar-refractivity contribution is 9.10. The molecule has 1 aromatic carbocycles. The number of carboxylic acids is 1. The van der Waals surface area contributed by atoms with Crippen molar-refractivity contribution in [1.82, 2.24) is 4.98 Å². The molecule has 0 aliphatic rings. The normalized spacial score (nSPS) is 11.7. The number of halogens is 4. The number of nitrogens with zero attached hydrogens (tertiary/aromatic N) is 1. The highest BCUT2D eigenvalue weighted by Crippen LogP contribution is 2.42. The van der Waals surface area contributed by atoms with Crippen LogP contribution in [0.1, 0.15) is 20.9 Å². The van der Waals surface area contributed by atoms with E-state index in [9.17, 15) is 18.0 Å². The molecule has 0 saturated carbocycles. The minimum Gasteiger partial charge on any atom is -0.477 e. The molecule has 0 saturated heterocycles. The lowest BCUT2D eigenvalue weighted by Crippen LogP contribution is -2.06. The van der Waals surface area contributed by atoms with Crippen molar-refractivity contribution < 1.29 is 23.1 Å². The fourth-order valence-corrected chi connectivity index (χ4v) is 4.00. The van der Waals surface area contributed by atoms with Gasteiger partial charge in [-0.2, -0.15) is 13.2 Å². The van der Waals surface area contributed by atoms with E-state index in [1.54, 1.807) is 0 Å². The topological polar surface area (TPSA) is 50.2 Å². The molecule has 0 amide bonds. The molecule has 0 radical (unpaired) electrons. The Morgan fingerprint density at radius 1 is 1.43 bits per heavy atom. The summed E-state index contributed by atoms with van der Waals surface area (Å²) in [5, 5.41) is 8.94. The third-order valence-electron chi connectivity index (χ3n) is 2.42. The van der Waals surface area contributed by atoms with Crippen LogP contribution in [0.3, 0.4) is 0 Å². The molecule has 2 rings (SSSR count). The summed E-state index contributed by atoms with van der Waals surface area (Å²) in [6.45, 7) is 1.51. The summed E-state index contributed by atoms with van der Waals surface area (Å²) in [6.07, 6.45) is -4.49. The van der Waals surface area contributed by atoms with Gasteiger partial charge in [-0.15, -0.1) is 11.3 Å². The van der Waals surface area contributed by atoms with Crippen LogP contribution in [0.5, 0.6) is 0 Å². The number of carboxylic acid groups (broad SMARTS) is 1. The molecular formula is C12H7BrF3NO2S2. The van der Waals surface area contributed by atoms with Gasteiger partial charge in [0.15, 0.2) is 4.34 Å². The second-order valence-corrected chi connectivity index (χ2v) is 7.14. The van der Waals surface area contributed by atoms with Gasteiger partial charge >= 0.3 is 12.1 Å². The molecule has 0 aliphatic heterocycles. The molecule has 1 N–H and O–H groups in total. The standard InChI is InChI=1S/C12H7BrF3NO2S2/c1-5-9(10(18)19)21-11(17-5)20-8-3-2-6(13)4-7(8)12(14,15)16/h2-4H,1H3,(H,18,19). The van der Waals surface area contributed by atoms with E-state index in [0.717, 1.165) is 29.2 Å². The van der Waals surface area contributed by atoms with Gasteiger partial charge in [-0.3, -0.25) is 0 Å². The van der Waals surface area contributed by atoms with Crippen molar-refractivity contribution in [2.24, 2.45) is 0 Å². The quantitative estimate of drug-likeness (QED) is 0.783. The second-order valence-electron chi connectivity index (χ2n) is 3.94. The van der Waals surface area contributed by atoms with Crippen LogP contribution in [0, 0.1) is 6.92 Å². The molecule has 3 nitrogen and oxygen atoms in total. The summed E-state index contributed by atoms with van der Waals surface area (Å²) >= 11 is 4.67. The van der Waals surface area contributed by atoms with Crippen molar-refractivity contribution in [3.63, 3.8) is 0 Å². The summed E-state index contributed by atoms with van der Waals surface area (Å²) in [7, 11) is 0. The molecule has 0 spiro atoms. The molecule has 0 unspecified atom stereocenters.